The zero-order valence-electron chi connectivity index (χ0n) is 21.4. The van der Waals surface area contributed by atoms with Crippen molar-refractivity contribution in [3.8, 4) is 11.3 Å². The van der Waals surface area contributed by atoms with E-state index in [4.69, 9.17) is 33.3 Å². The smallest absolute Gasteiger partial charge is 0.120 e. The Morgan fingerprint density at radius 3 is 2.42 bits per heavy atom. The molecular formula is C27H40Cl2N4. The summed E-state index contributed by atoms with van der Waals surface area (Å²) in [5, 5.41) is 6.19. The van der Waals surface area contributed by atoms with Gasteiger partial charge in [0.05, 0.1) is 17.3 Å². The predicted octanol–water partition coefficient (Wildman–Crippen LogP) is 9.03. The summed E-state index contributed by atoms with van der Waals surface area (Å²) in [6.45, 7) is 16.5. The van der Waals surface area contributed by atoms with Crippen molar-refractivity contribution in [3.05, 3.63) is 40.0 Å². The summed E-state index contributed by atoms with van der Waals surface area (Å²) in [6.07, 6.45) is 8.30. The monoisotopic (exact) mass is 490 g/mol. The number of rotatable bonds is 8. The van der Waals surface area contributed by atoms with Crippen LogP contribution in [0, 0.1) is 0 Å². The van der Waals surface area contributed by atoms with Crippen LogP contribution in [0.5, 0.6) is 0 Å². The first-order chi connectivity index (χ1) is 15.9. The number of allylic oxidation sites excluding steroid dienone is 1. The first-order valence-electron chi connectivity index (χ1n) is 12.4. The van der Waals surface area contributed by atoms with Gasteiger partial charge in [-0.1, -0.05) is 76.2 Å². The van der Waals surface area contributed by atoms with Crippen molar-refractivity contribution in [1.29, 1.82) is 0 Å². The van der Waals surface area contributed by atoms with Crippen LogP contribution in [-0.2, 0) is 6.54 Å². The van der Waals surface area contributed by atoms with Gasteiger partial charge in [-0.15, -0.1) is 0 Å². The van der Waals surface area contributed by atoms with Gasteiger partial charge in [0.15, 0.2) is 0 Å². The average molecular weight is 492 g/mol. The third-order valence-electron chi connectivity index (χ3n) is 5.78. The molecule has 6 heteroatoms. The van der Waals surface area contributed by atoms with Gasteiger partial charge in [-0.05, 0) is 51.8 Å². The van der Waals surface area contributed by atoms with E-state index >= 15 is 0 Å². The van der Waals surface area contributed by atoms with Crippen molar-refractivity contribution in [2.24, 2.45) is 4.99 Å². The third kappa shape index (κ3) is 6.42. The Bertz CT molecular complexity index is 971. The molecule has 2 heterocycles. The summed E-state index contributed by atoms with van der Waals surface area (Å²) in [4.78, 5) is 7.54. The highest BCUT2D eigenvalue weighted by Crippen LogP contribution is 2.43. The van der Waals surface area contributed by atoms with Gasteiger partial charge in [0, 0.05) is 28.9 Å². The van der Waals surface area contributed by atoms with Crippen molar-refractivity contribution in [2.75, 3.05) is 6.54 Å². The zero-order chi connectivity index (χ0) is 24.5. The molecule has 1 aliphatic rings. The molecule has 1 aromatic heterocycles. The number of hydrogen-bond acceptors (Lipinski definition) is 3. The summed E-state index contributed by atoms with van der Waals surface area (Å²) < 4.78 is 2.11. The Hall–Kier alpha value is -1.78. The maximum absolute atomic E-state index is 6.58. The Morgan fingerprint density at radius 2 is 1.85 bits per heavy atom. The van der Waals surface area contributed by atoms with Gasteiger partial charge in [0.25, 0.3) is 0 Å². The molecule has 0 aliphatic carbocycles. The van der Waals surface area contributed by atoms with Crippen LogP contribution in [0.4, 0.5) is 5.69 Å². The van der Waals surface area contributed by atoms with Gasteiger partial charge < -0.3 is 4.90 Å². The number of unbranched alkanes of at least 4 members (excludes halogenated alkanes) is 1. The third-order valence-corrected chi connectivity index (χ3v) is 6.33. The number of hydrogen-bond donors (Lipinski definition) is 0. The van der Waals surface area contributed by atoms with Crippen LogP contribution in [0.2, 0.25) is 10.0 Å². The molecule has 0 saturated carbocycles. The molecule has 1 aromatic carbocycles. The van der Waals surface area contributed by atoms with E-state index < -0.39 is 0 Å². The maximum atomic E-state index is 6.58. The van der Waals surface area contributed by atoms with E-state index in [2.05, 4.69) is 36.4 Å². The second kappa shape index (κ2) is 13.2. The number of fused-ring (bicyclic) bond motifs is 1. The maximum Gasteiger partial charge on any atom is 0.120 e. The summed E-state index contributed by atoms with van der Waals surface area (Å²) in [7, 11) is 0. The van der Waals surface area contributed by atoms with Crippen LogP contribution in [0.1, 0.15) is 86.3 Å². The van der Waals surface area contributed by atoms with Crippen molar-refractivity contribution >= 4 is 40.3 Å². The van der Waals surface area contributed by atoms with Crippen LogP contribution in [0.3, 0.4) is 0 Å². The van der Waals surface area contributed by atoms with Crippen LogP contribution in [-0.4, -0.2) is 33.0 Å². The van der Waals surface area contributed by atoms with E-state index in [1.807, 2.05) is 39.8 Å². The van der Waals surface area contributed by atoms with Crippen LogP contribution >= 0.6 is 23.2 Å². The summed E-state index contributed by atoms with van der Waals surface area (Å²) in [5.41, 5.74) is 5.89. The van der Waals surface area contributed by atoms with Crippen LogP contribution in [0.25, 0.3) is 17.0 Å². The lowest BCUT2D eigenvalue weighted by molar-refractivity contribution is 0.231. The van der Waals surface area contributed by atoms with Crippen molar-refractivity contribution in [1.82, 2.24) is 14.7 Å². The van der Waals surface area contributed by atoms with E-state index in [1.165, 1.54) is 37.8 Å². The molecule has 0 radical (unpaired) electrons. The molecule has 33 heavy (non-hydrogen) atoms. The minimum Gasteiger partial charge on any atom is -0.365 e. The quantitative estimate of drug-likeness (QED) is 0.345. The highest BCUT2D eigenvalue weighted by Gasteiger charge is 2.32. The van der Waals surface area contributed by atoms with Crippen molar-refractivity contribution in [2.45, 2.75) is 93.2 Å². The molecule has 1 aliphatic heterocycles. The fourth-order valence-electron chi connectivity index (χ4n) is 4.43. The number of halogens is 2. The summed E-state index contributed by atoms with van der Waals surface area (Å²) >= 11 is 12.7. The van der Waals surface area contributed by atoms with E-state index in [9.17, 15) is 0 Å². The van der Waals surface area contributed by atoms with Crippen LogP contribution < -0.4 is 0 Å². The molecule has 1 unspecified atom stereocenters. The highest BCUT2D eigenvalue weighted by molar-refractivity contribution is 6.36. The molecule has 0 fully saturated rings. The van der Waals surface area contributed by atoms with E-state index in [-0.39, 0.29) is 0 Å². The Morgan fingerprint density at radius 1 is 1.12 bits per heavy atom. The lowest BCUT2D eigenvalue weighted by Gasteiger charge is -2.39. The average Bonchev–Trinajstić information content (AvgIpc) is 3.15. The first kappa shape index (κ1) is 27.5. The van der Waals surface area contributed by atoms with Gasteiger partial charge in [-0.2, -0.15) is 5.10 Å². The predicted molar refractivity (Wildman–Crippen MR) is 146 cm³/mol. The van der Waals surface area contributed by atoms with Gasteiger partial charge >= 0.3 is 0 Å². The molecule has 3 rings (SSSR count). The van der Waals surface area contributed by atoms with Gasteiger partial charge in [0.2, 0.25) is 0 Å². The largest absolute Gasteiger partial charge is 0.365 e. The Labute approximate surface area is 210 Å². The lowest BCUT2D eigenvalue weighted by Crippen LogP contribution is -2.40. The Kier molecular flexibility index (Phi) is 11.0. The summed E-state index contributed by atoms with van der Waals surface area (Å²) in [5.74, 6) is 0. The minimum atomic E-state index is 0.543. The van der Waals surface area contributed by atoms with Crippen molar-refractivity contribution < 1.29 is 0 Å². The fraction of sp³-hybridized carbons (Fsp3) is 0.556. The molecule has 0 amide bonds. The number of benzene rings is 1. The topological polar surface area (TPSA) is 33.4 Å². The molecule has 1 atom stereocenters. The second-order valence-electron chi connectivity index (χ2n) is 8.40. The molecular weight excluding hydrogens is 451 g/mol. The SMILES string of the molecule is C/C=C1\c2c(N=C(C)C)c(-c3ccc(Cl)cc3Cl)nn2CCN1C(CCC)CCCC.CC. The Balaban J connectivity index is 0.00000187. The molecule has 4 nitrogen and oxygen atoms in total. The molecule has 0 N–H and O–H groups in total. The molecule has 0 spiro atoms. The zero-order valence-corrected chi connectivity index (χ0v) is 22.9. The van der Waals surface area contributed by atoms with Gasteiger partial charge in [0.1, 0.15) is 17.1 Å². The molecule has 182 valence electrons. The number of nitrogens with zero attached hydrogens (tertiary/aromatic N) is 4. The number of aliphatic imine (C=N–C) groups is 1. The standard InChI is InChI=1S/C25H34Cl2N4.C2H6/c1-6-9-11-19(10-7-2)30-14-15-31-25(22(30)8-3)24(28-17(4)5)23(29-31)20-13-12-18(26)16-21(20)27;1-2/h8,12-13,16,19H,6-7,9-11,14-15H2,1-5H3;1-2H3/b22-8+;. The second-order valence-corrected chi connectivity index (χ2v) is 9.25. The normalized spacial score (nSPS) is 15.1. The summed E-state index contributed by atoms with van der Waals surface area (Å²) in [6, 6.07) is 6.12. The molecule has 0 bridgehead atoms. The number of aromatic nitrogens is 2. The van der Waals surface area contributed by atoms with Crippen molar-refractivity contribution in [3.63, 3.8) is 0 Å². The van der Waals surface area contributed by atoms with Gasteiger partial charge in [-0.25, -0.2) is 0 Å². The van der Waals surface area contributed by atoms with Gasteiger partial charge in [-0.3, -0.25) is 9.67 Å². The highest BCUT2D eigenvalue weighted by atomic mass is 35.5. The van der Waals surface area contributed by atoms with Crippen LogP contribution in [0.15, 0.2) is 29.3 Å². The lowest BCUT2D eigenvalue weighted by atomic mass is 10.00. The van der Waals surface area contributed by atoms with E-state index in [0.29, 0.717) is 16.1 Å². The molecule has 0 saturated heterocycles. The first-order valence-corrected chi connectivity index (χ1v) is 13.2. The van der Waals surface area contributed by atoms with E-state index in [1.54, 1.807) is 6.07 Å². The van der Waals surface area contributed by atoms with E-state index in [0.717, 1.165) is 41.4 Å². The molecule has 2 aromatic rings. The minimum absolute atomic E-state index is 0.543. The fourth-order valence-corrected chi connectivity index (χ4v) is 4.93.